The van der Waals surface area contributed by atoms with Crippen LogP contribution >= 0.6 is 0 Å². The lowest BCUT2D eigenvalue weighted by Gasteiger charge is -2.42. The molecule has 2 aromatic rings. The van der Waals surface area contributed by atoms with E-state index in [0.29, 0.717) is 0 Å². The van der Waals surface area contributed by atoms with Gasteiger partial charge in [-0.1, -0.05) is 72.7 Å². The maximum absolute atomic E-state index is 15.0. The number of carboxylic acid groups (broad SMARTS) is 1. The molecule has 18 heteroatoms. The zero-order valence-electron chi connectivity index (χ0n) is 46.0. The number of benzene rings is 1. The van der Waals surface area contributed by atoms with E-state index in [-0.39, 0.29) is 30.8 Å². The molecule has 0 spiro atoms. The van der Waals surface area contributed by atoms with Crippen molar-refractivity contribution < 1.29 is 57.7 Å². The van der Waals surface area contributed by atoms with Gasteiger partial charge in [0.15, 0.2) is 0 Å². The van der Waals surface area contributed by atoms with Gasteiger partial charge in [-0.15, -0.1) is 0 Å². The largest absolute Gasteiger partial charge is 0.481 e. The lowest BCUT2D eigenvalue weighted by Crippen LogP contribution is -2.63. The molecule has 0 aliphatic heterocycles. The van der Waals surface area contributed by atoms with Crippen LogP contribution in [0.15, 0.2) is 42.1 Å². The highest BCUT2D eigenvalue weighted by atomic mass is 16.6. The van der Waals surface area contributed by atoms with Crippen LogP contribution in [0.1, 0.15) is 149 Å². The minimum atomic E-state index is -1.34. The predicted octanol–water partition coefficient (Wildman–Crippen LogP) is 6.95. The van der Waals surface area contributed by atoms with E-state index >= 15 is 0 Å². The molecule has 71 heavy (non-hydrogen) atoms. The summed E-state index contributed by atoms with van der Waals surface area (Å²) in [4.78, 5) is 111. The number of carbonyl (C=O) groups excluding carboxylic acids is 7. The van der Waals surface area contributed by atoms with Crippen molar-refractivity contribution in [2.45, 2.75) is 196 Å². The van der Waals surface area contributed by atoms with E-state index in [1.54, 1.807) is 75.4 Å². The standard InChI is InChI=1S/C53H84N6O12/c1-31(2)38(29-32(3)43(63)55-36(47(67)70-51(10,11)12)25-27-39(60)54-35(26-28-40(61)62)46(66)69-50(7,8)9)58(19)45(65)41(49(4,5)6)56-44(64)42(59(20)48(68)71-52(13,14)15)53(16,17)34-30-57(18)37-24-22-21-23-33(34)37/h21-24,29-31,35-36,38,41-42H,25-28H2,1-20H3,(H,54,60)(H,55,63)(H,56,64)(H,61,62)/b32-29+/t35-,36-,38-,41-,42-/m1/s1. The fourth-order valence-corrected chi connectivity index (χ4v) is 8.06. The van der Waals surface area contributed by atoms with Gasteiger partial charge in [0.2, 0.25) is 23.6 Å². The van der Waals surface area contributed by atoms with Crippen molar-refractivity contribution in [3.63, 3.8) is 0 Å². The van der Waals surface area contributed by atoms with Gasteiger partial charge in [-0.3, -0.25) is 28.9 Å². The summed E-state index contributed by atoms with van der Waals surface area (Å²) in [5.41, 5.74) is -2.79. The summed E-state index contributed by atoms with van der Waals surface area (Å²) < 4.78 is 18.7. The quantitative estimate of drug-likeness (QED) is 0.0600. The molecule has 398 valence electrons. The average molecular weight is 997 g/mol. The normalized spacial score (nSPS) is 14.9. The van der Waals surface area contributed by atoms with Gasteiger partial charge in [-0.25, -0.2) is 14.4 Å². The Hall–Kier alpha value is -5.94. The van der Waals surface area contributed by atoms with Crippen LogP contribution < -0.4 is 16.0 Å². The summed E-state index contributed by atoms with van der Waals surface area (Å²) in [5, 5.41) is 18.4. The number of aromatic nitrogens is 1. The van der Waals surface area contributed by atoms with Gasteiger partial charge in [0.25, 0.3) is 0 Å². The van der Waals surface area contributed by atoms with Crippen molar-refractivity contribution in [3.8, 4) is 0 Å². The average Bonchev–Trinajstić information content (AvgIpc) is 3.55. The SMILES string of the molecule is C/C(=C\[C@H](C(C)C)N(C)C(=O)[C@@H](NC(=O)[C@@H](N(C)C(=O)OC(C)(C)C)C(C)(C)c1cn(C)c2ccccc12)C(C)(C)C)C(=O)N[C@H](CCC(=O)N[C@H](CCC(=O)O)C(=O)OC(C)(C)C)C(=O)OC(C)(C)C. The lowest BCUT2D eigenvalue weighted by molar-refractivity contribution is -0.160. The number of aryl methyl sites for hydroxylation is 1. The Bertz CT molecular complexity index is 2290. The monoisotopic (exact) mass is 997 g/mol. The van der Waals surface area contributed by atoms with Crippen LogP contribution in [-0.4, -0.2) is 128 Å². The summed E-state index contributed by atoms with van der Waals surface area (Å²) in [7, 11) is 4.99. The Balaban J connectivity index is 2.52. The molecule has 18 nitrogen and oxygen atoms in total. The van der Waals surface area contributed by atoms with Crippen molar-refractivity contribution in [2.24, 2.45) is 18.4 Å². The molecular weight excluding hydrogens is 913 g/mol. The molecule has 1 aromatic heterocycles. The van der Waals surface area contributed by atoms with E-state index in [1.165, 1.54) is 23.8 Å². The topological polar surface area (TPSA) is 232 Å². The van der Waals surface area contributed by atoms with E-state index in [1.807, 2.05) is 90.5 Å². The van der Waals surface area contributed by atoms with E-state index < -0.39 is 112 Å². The third-order valence-electron chi connectivity index (χ3n) is 11.6. The summed E-state index contributed by atoms with van der Waals surface area (Å²) in [5.74, 6) is -5.53. The second kappa shape index (κ2) is 24.0. The van der Waals surface area contributed by atoms with Crippen LogP contribution in [-0.2, 0) is 60.2 Å². The second-order valence-corrected chi connectivity index (χ2v) is 23.4. The van der Waals surface area contributed by atoms with Crippen molar-refractivity contribution in [2.75, 3.05) is 14.1 Å². The third kappa shape index (κ3) is 18.3. The van der Waals surface area contributed by atoms with E-state index in [9.17, 15) is 43.5 Å². The van der Waals surface area contributed by atoms with Crippen LogP contribution in [0.2, 0.25) is 0 Å². The zero-order valence-corrected chi connectivity index (χ0v) is 46.0. The Morgan fingerprint density at radius 2 is 1.20 bits per heavy atom. The number of ether oxygens (including phenoxy) is 3. The van der Waals surface area contributed by atoms with Gasteiger partial charge in [0, 0.05) is 62.1 Å². The number of nitrogens with zero attached hydrogens (tertiary/aromatic N) is 3. The van der Waals surface area contributed by atoms with Gasteiger partial charge in [-0.05, 0) is 105 Å². The van der Waals surface area contributed by atoms with Crippen LogP contribution in [0.25, 0.3) is 10.9 Å². The van der Waals surface area contributed by atoms with Gasteiger partial charge in [0.05, 0.1) is 6.04 Å². The van der Waals surface area contributed by atoms with Gasteiger partial charge in [-0.2, -0.15) is 0 Å². The first kappa shape index (κ1) is 61.2. The number of carbonyl (C=O) groups is 8. The van der Waals surface area contributed by atoms with Crippen molar-refractivity contribution in [3.05, 3.63) is 47.7 Å². The molecule has 5 amide bonds. The minimum absolute atomic E-state index is 0.132. The molecule has 0 aliphatic carbocycles. The third-order valence-corrected chi connectivity index (χ3v) is 11.6. The molecule has 0 bridgehead atoms. The summed E-state index contributed by atoms with van der Waals surface area (Å²) in [6, 6.07) is 2.12. The predicted molar refractivity (Wildman–Crippen MR) is 272 cm³/mol. The van der Waals surface area contributed by atoms with Gasteiger partial charge in [0.1, 0.15) is 41.0 Å². The number of likely N-dealkylation sites (N-methyl/N-ethyl adjacent to an activating group) is 2. The molecule has 0 aliphatic rings. The molecule has 0 fully saturated rings. The molecule has 2 rings (SSSR count). The molecule has 1 heterocycles. The number of amides is 5. The molecule has 0 unspecified atom stereocenters. The fourth-order valence-electron chi connectivity index (χ4n) is 8.06. The summed E-state index contributed by atoms with van der Waals surface area (Å²) >= 11 is 0. The first-order valence-electron chi connectivity index (χ1n) is 24.2. The molecule has 5 atom stereocenters. The number of esters is 2. The Labute approximate surface area is 421 Å². The number of nitrogens with one attached hydrogen (secondary N) is 3. The second-order valence-electron chi connectivity index (χ2n) is 23.4. The highest BCUT2D eigenvalue weighted by molar-refractivity contribution is 5.97. The first-order valence-corrected chi connectivity index (χ1v) is 24.2. The number of aliphatic carboxylic acids is 1. The highest BCUT2D eigenvalue weighted by Gasteiger charge is 2.47. The highest BCUT2D eigenvalue weighted by Crippen LogP contribution is 2.37. The van der Waals surface area contributed by atoms with E-state index in [0.717, 1.165) is 16.5 Å². The molecule has 0 saturated carbocycles. The van der Waals surface area contributed by atoms with Gasteiger partial charge < -0.3 is 44.7 Å². The Kier molecular flexibility index (Phi) is 20.7. The number of fused-ring (bicyclic) bond motifs is 1. The lowest BCUT2D eigenvalue weighted by atomic mass is 9.76. The number of para-hydroxylation sites is 1. The maximum atomic E-state index is 15.0. The molecule has 4 N–H and O–H groups in total. The maximum Gasteiger partial charge on any atom is 0.410 e. The van der Waals surface area contributed by atoms with Gasteiger partial charge >= 0.3 is 24.0 Å². The molecule has 0 saturated heterocycles. The van der Waals surface area contributed by atoms with E-state index in [2.05, 4.69) is 16.0 Å². The van der Waals surface area contributed by atoms with E-state index in [4.69, 9.17) is 14.2 Å². The summed E-state index contributed by atoms with van der Waals surface area (Å²) in [6.07, 6.45) is 1.54. The number of carboxylic acids is 1. The van der Waals surface area contributed by atoms with Crippen LogP contribution in [0.5, 0.6) is 0 Å². The molecular formula is C53H84N6O12. The van der Waals surface area contributed by atoms with Crippen LogP contribution in [0.3, 0.4) is 0 Å². The zero-order chi connectivity index (χ0) is 54.9. The number of rotatable bonds is 20. The Morgan fingerprint density at radius 3 is 1.68 bits per heavy atom. The molecule has 1 aromatic carbocycles. The smallest absolute Gasteiger partial charge is 0.410 e. The Morgan fingerprint density at radius 1 is 0.704 bits per heavy atom. The number of hydrogen-bond acceptors (Lipinski definition) is 11. The number of hydrogen-bond donors (Lipinski definition) is 4. The first-order chi connectivity index (χ1) is 32.2. The molecule has 0 radical (unpaired) electrons. The van der Waals surface area contributed by atoms with Crippen molar-refractivity contribution in [1.82, 2.24) is 30.3 Å². The summed E-state index contributed by atoms with van der Waals surface area (Å²) in [6.45, 7) is 29.5. The minimum Gasteiger partial charge on any atom is -0.481 e. The fraction of sp³-hybridized carbons (Fsp3) is 0.660. The van der Waals surface area contributed by atoms with Crippen LogP contribution in [0, 0.1) is 11.3 Å². The van der Waals surface area contributed by atoms with Crippen LogP contribution in [0.4, 0.5) is 4.79 Å². The van der Waals surface area contributed by atoms with Crippen molar-refractivity contribution >= 4 is 58.5 Å². The van der Waals surface area contributed by atoms with Crippen molar-refractivity contribution in [1.29, 1.82) is 0 Å².